The standard InChI is InChI=1S/C19H18F2N4/c20-15-8-9-17(16(21)13-15)24-18-10-12-23-19(25-18)22-11-4-7-14-5-2-1-3-6-14/h1-3,5-6,8-10,12-13H,4,7,11H2,(H2,22,23,24,25). The first-order valence-corrected chi connectivity index (χ1v) is 8.03. The molecule has 0 bridgehead atoms. The molecular formula is C19H18F2N4. The summed E-state index contributed by atoms with van der Waals surface area (Å²) < 4.78 is 26.6. The maximum absolute atomic E-state index is 13.7. The normalized spacial score (nSPS) is 10.5. The zero-order chi connectivity index (χ0) is 17.5. The summed E-state index contributed by atoms with van der Waals surface area (Å²) in [4.78, 5) is 8.43. The van der Waals surface area contributed by atoms with Gasteiger partial charge in [0.2, 0.25) is 5.95 Å². The van der Waals surface area contributed by atoms with Crippen LogP contribution in [0.5, 0.6) is 0 Å². The second-order valence-electron chi connectivity index (χ2n) is 5.53. The molecule has 0 saturated heterocycles. The Hall–Kier alpha value is -3.02. The van der Waals surface area contributed by atoms with Crippen LogP contribution in [-0.4, -0.2) is 16.5 Å². The number of aryl methyl sites for hydroxylation is 1. The molecule has 0 saturated carbocycles. The fraction of sp³-hybridized carbons (Fsp3) is 0.158. The van der Waals surface area contributed by atoms with E-state index in [4.69, 9.17) is 0 Å². The van der Waals surface area contributed by atoms with Gasteiger partial charge in [0, 0.05) is 18.8 Å². The minimum absolute atomic E-state index is 0.162. The maximum atomic E-state index is 13.7. The predicted octanol–water partition coefficient (Wildman–Crippen LogP) is 4.54. The first-order chi connectivity index (χ1) is 12.2. The van der Waals surface area contributed by atoms with Crippen LogP contribution in [0.2, 0.25) is 0 Å². The van der Waals surface area contributed by atoms with E-state index in [1.807, 2.05) is 18.2 Å². The van der Waals surface area contributed by atoms with Crippen LogP contribution in [0.4, 0.5) is 26.2 Å². The molecule has 2 aromatic carbocycles. The Kier molecular flexibility index (Phi) is 5.51. The molecule has 0 fully saturated rings. The molecule has 0 aliphatic carbocycles. The van der Waals surface area contributed by atoms with Crippen LogP contribution in [0.25, 0.3) is 0 Å². The van der Waals surface area contributed by atoms with Gasteiger partial charge in [0.15, 0.2) is 0 Å². The van der Waals surface area contributed by atoms with Gasteiger partial charge in [-0.25, -0.2) is 13.8 Å². The molecule has 0 unspecified atom stereocenters. The van der Waals surface area contributed by atoms with Crippen molar-refractivity contribution >= 4 is 17.5 Å². The molecular weight excluding hydrogens is 322 g/mol. The molecule has 0 spiro atoms. The number of hydrogen-bond acceptors (Lipinski definition) is 4. The fourth-order valence-corrected chi connectivity index (χ4v) is 2.38. The Morgan fingerprint density at radius 3 is 2.60 bits per heavy atom. The number of halogens is 2. The van der Waals surface area contributed by atoms with Crippen molar-refractivity contribution in [2.24, 2.45) is 0 Å². The van der Waals surface area contributed by atoms with Crippen LogP contribution in [-0.2, 0) is 6.42 Å². The monoisotopic (exact) mass is 340 g/mol. The summed E-state index contributed by atoms with van der Waals surface area (Å²) in [6.45, 7) is 0.725. The van der Waals surface area contributed by atoms with Crippen LogP contribution in [0.1, 0.15) is 12.0 Å². The Balaban J connectivity index is 1.54. The second kappa shape index (κ2) is 8.19. The SMILES string of the molecule is Fc1ccc(Nc2ccnc(NCCCc3ccccc3)n2)c(F)c1. The van der Waals surface area contributed by atoms with Crippen LogP contribution in [0.15, 0.2) is 60.8 Å². The molecule has 128 valence electrons. The van der Waals surface area contributed by atoms with Gasteiger partial charge in [-0.2, -0.15) is 4.98 Å². The molecule has 2 N–H and O–H groups in total. The average molecular weight is 340 g/mol. The van der Waals surface area contributed by atoms with Gasteiger partial charge in [-0.05, 0) is 36.6 Å². The molecule has 4 nitrogen and oxygen atoms in total. The second-order valence-corrected chi connectivity index (χ2v) is 5.53. The van der Waals surface area contributed by atoms with E-state index in [0.717, 1.165) is 25.5 Å². The van der Waals surface area contributed by atoms with Crippen LogP contribution >= 0.6 is 0 Å². The summed E-state index contributed by atoms with van der Waals surface area (Å²) in [7, 11) is 0. The third-order valence-corrected chi connectivity index (χ3v) is 3.62. The highest BCUT2D eigenvalue weighted by Gasteiger charge is 2.05. The summed E-state index contributed by atoms with van der Waals surface area (Å²) in [6, 6.07) is 15.2. The Morgan fingerprint density at radius 1 is 0.960 bits per heavy atom. The number of rotatable bonds is 7. The fourth-order valence-electron chi connectivity index (χ4n) is 2.38. The lowest BCUT2D eigenvalue weighted by molar-refractivity contribution is 0.586. The molecule has 1 aromatic heterocycles. The van der Waals surface area contributed by atoms with Gasteiger partial charge in [-0.1, -0.05) is 30.3 Å². The maximum Gasteiger partial charge on any atom is 0.224 e. The van der Waals surface area contributed by atoms with Crippen molar-refractivity contribution in [3.63, 3.8) is 0 Å². The zero-order valence-electron chi connectivity index (χ0n) is 13.5. The molecule has 0 amide bonds. The van der Waals surface area contributed by atoms with Gasteiger partial charge < -0.3 is 10.6 Å². The molecule has 6 heteroatoms. The van der Waals surface area contributed by atoms with E-state index in [9.17, 15) is 8.78 Å². The van der Waals surface area contributed by atoms with Crippen molar-refractivity contribution < 1.29 is 8.78 Å². The molecule has 3 rings (SSSR count). The van der Waals surface area contributed by atoms with Gasteiger partial charge in [-0.15, -0.1) is 0 Å². The van der Waals surface area contributed by atoms with Crippen LogP contribution in [0.3, 0.4) is 0 Å². The number of benzene rings is 2. The van der Waals surface area contributed by atoms with E-state index in [2.05, 4.69) is 32.7 Å². The topological polar surface area (TPSA) is 49.8 Å². The molecule has 0 atom stereocenters. The van der Waals surface area contributed by atoms with Crippen molar-refractivity contribution in [1.82, 2.24) is 9.97 Å². The minimum Gasteiger partial charge on any atom is -0.354 e. The average Bonchev–Trinajstić information content (AvgIpc) is 2.62. The van der Waals surface area contributed by atoms with E-state index in [0.29, 0.717) is 11.8 Å². The quantitative estimate of drug-likeness (QED) is 0.620. The summed E-state index contributed by atoms with van der Waals surface area (Å²) in [5.74, 6) is -0.394. The van der Waals surface area contributed by atoms with E-state index in [-0.39, 0.29) is 5.69 Å². The lowest BCUT2D eigenvalue weighted by atomic mass is 10.1. The summed E-state index contributed by atoms with van der Waals surface area (Å²) in [6.07, 6.45) is 3.49. The smallest absolute Gasteiger partial charge is 0.224 e. The van der Waals surface area contributed by atoms with E-state index < -0.39 is 11.6 Å². The summed E-state index contributed by atoms with van der Waals surface area (Å²) >= 11 is 0. The van der Waals surface area contributed by atoms with Crippen molar-refractivity contribution in [2.75, 3.05) is 17.2 Å². The zero-order valence-corrected chi connectivity index (χ0v) is 13.5. The number of nitrogens with one attached hydrogen (secondary N) is 2. The minimum atomic E-state index is -0.670. The summed E-state index contributed by atoms with van der Waals surface area (Å²) in [5, 5.41) is 5.97. The molecule has 3 aromatic rings. The van der Waals surface area contributed by atoms with Crippen molar-refractivity contribution in [2.45, 2.75) is 12.8 Å². The number of hydrogen-bond donors (Lipinski definition) is 2. The highest BCUT2D eigenvalue weighted by atomic mass is 19.1. The first kappa shape index (κ1) is 16.8. The predicted molar refractivity (Wildman–Crippen MR) is 94.9 cm³/mol. The molecule has 0 aliphatic heterocycles. The van der Waals surface area contributed by atoms with E-state index >= 15 is 0 Å². The Bertz CT molecular complexity index is 825. The lowest BCUT2D eigenvalue weighted by Crippen LogP contribution is -2.07. The van der Waals surface area contributed by atoms with Gasteiger partial charge in [-0.3, -0.25) is 0 Å². The Labute approximate surface area is 145 Å². The van der Waals surface area contributed by atoms with Crippen molar-refractivity contribution in [3.8, 4) is 0 Å². The third-order valence-electron chi connectivity index (χ3n) is 3.62. The largest absolute Gasteiger partial charge is 0.354 e. The highest BCUT2D eigenvalue weighted by molar-refractivity contribution is 5.57. The number of anilines is 3. The third kappa shape index (κ3) is 4.97. The van der Waals surface area contributed by atoms with Crippen LogP contribution in [0, 0.1) is 11.6 Å². The Morgan fingerprint density at radius 2 is 1.80 bits per heavy atom. The van der Waals surface area contributed by atoms with E-state index in [1.165, 1.54) is 17.7 Å². The van der Waals surface area contributed by atoms with Crippen molar-refractivity contribution in [1.29, 1.82) is 0 Å². The van der Waals surface area contributed by atoms with Gasteiger partial charge in [0.1, 0.15) is 17.5 Å². The molecule has 0 aliphatic rings. The number of aromatic nitrogens is 2. The van der Waals surface area contributed by atoms with Crippen molar-refractivity contribution in [3.05, 3.63) is 78.0 Å². The summed E-state index contributed by atoms with van der Waals surface area (Å²) in [5.41, 5.74) is 1.45. The lowest BCUT2D eigenvalue weighted by Gasteiger charge is -2.09. The molecule has 0 radical (unpaired) electrons. The first-order valence-electron chi connectivity index (χ1n) is 8.03. The highest BCUT2D eigenvalue weighted by Crippen LogP contribution is 2.19. The van der Waals surface area contributed by atoms with Crippen LogP contribution < -0.4 is 10.6 Å². The number of nitrogens with zero attached hydrogens (tertiary/aromatic N) is 2. The van der Waals surface area contributed by atoms with Gasteiger partial charge >= 0.3 is 0 Å². The van der Waals surface area contributed by atoms with Gasteiger partial charge in [0.05, 0.1) is 5.69 Å². The molecule has 25 heavy (non-hydrogen) atoms. The van der Waals surface area contributed by atoms with E-state index in [1.54, 1.807) is 12.3 Å². The molecule has 1 heterocycles. The van der Waals surface area contributed by atoms with Gasteiger partial charge in [0.25, 0.3) is 0 Å².